The normalized spacial score (nSPS) is 22.0. The fourth-order valence-corrected chi connectivity index (χ4v) is 3.05. The van der Waals surface area contributed by atoms with Crippen LogP contribution in [0.1, 0.15) is 13.8 Å². The third kappa shape index (κ3) is 2.35. The first kappa shape index (κ1) is 14.1. The van der Waals surface area contributed by atoms with Crippen LogP contribution < -0.4 is 4.90 Å². The van der Waals surface area contributed by atoms with Crippen molar-refractivity contribution in [3.8, 4) is 5.82 Å². The van der Waals surface area contributed by atoms with Crippen LogP contribution in [0.5, 0.6) is 0 Å². The molecule has 23 heavy (non-hydrogen) atoms. The number of nitrogens with zero attached hydrogens (tertiary/aromatic N) is 5. The molecule has 0 spiro atoms. The number of halogens is 1. The van der Waals surface area contributed by atoms with E-state index in [0.29, 0.717) is 30.0 Å². The van der Waals surface area contributed by atoms with Crippen molar-refractivity contribution in [3.05, 3.63) is 30.3 Å². The van der Waals surface area contributed by atoms with Crippen molar-refractivity contribution in [2.75, 3.05) is 18.0 Å². The lowest BCUT2D eigenvalue weighted by molar-refractivity contribution is -0.00538. The van der Waals surface area contributed by atoms with Gasteiger partial charge in [-0.3, -0.25) is 0 Å². The van der Waals surface area contributed by atoms with Crippen LogP contribution in [-0.2, 0) is 4.74 Å². The fourth-order valence-electron chi connectivity index (χ4n) is 3.05. The monoisotopic (exact) mass is 317 g/mol. The van der Waals surface area contributed by atoms with Crippen LogP contribution in [0.15, 0.2) is 29.0 Å². The Morgan fingerprint density at radius 2 is 2.00 bits per heavy atom. The molecular weight excluding hydrogens is 301 g/mol. The molecule has 2 aromatic heterocycles. The van der Waals surface area contributed by atoms with Gasteiger partial charge in [-0.25, -0.2) is 4.39 Å². The molecule has 0 aliphatic carbocycles. The van der Waals surface area contributed by atoms with Gasteiger partial charge in [-0.05, 0) is 26.0 Å². The van der Waals surface area contributed by atoms with Gasteiger partial charge in [0.15, 0.2) is 5.82 Å². The summed E-state index contributed by atoms with van der Waals surface area (Å²) < 4.78 is 27.3. The highest BCUT2D eigenvalue weighted by Gasteiger charge is 2.26. The van der Waals surface area contributed by atoms with Crippen LogP contribution in [0.4, 0.5) is 10.1 Å². The van der Waals surface area contributed by atoms with Gasteiger partial charge in [-0.15, -0.1) is 5.10 Å². The average Bonchev–Trinajstić information content (AvgIpc) is 3.15. The molecule has 0 N–H and O–H groups in total. The van der Waals surface area contributed by atoms with E-state index in [2.05, 4.69) is 15.5 Å². The van der Waals surface area contributed by atoms with E-state index in [9.17, 15) is 4.39 Å². The van der Waals surface area contributed by atoms with Crippen LogP contribution >= 0.6 is 0 Å². The molecule has 2 atom stereocenters. The van der Waals surface area contributed by atoms with Crippen LogP contribution in [0.3, 0.4) is 0 Å². The first-order valence-corrected chi connectivity index (χ1v) is 7.48. The van der Waals surface area contributed by atoms with Crippen LogP contribution in [0, 0.1) is 5.82 Å². The van der Waals surface area contributed by atoms with Crippen molar-refractivity contribution < 1.29 is 13.7 Å². The van der Waals surface area contributed by atoms with Gasteiger partial charge in [0.1, 0.15) is 0 Å². The molecule has 1 aliphatic heterocycles. The van der Waals surface area contributed by atoms with E-state index >= 15 is 0 Å². The Hall–Kier alpha value is -2.48. The molecule has 0 bridgehead atoms. The molecule has 0 unspecified atom stereocenters. The van der Waals surface area contributed by atoms with E-state index in [1.807, 2.05) is 18.7 Å². The molecular formula is C15H16FN5O2. The quantitative estimate of drug-likeness (QED) is 0.721. The maximum absolute atomic E-state index is 14.9. The molecule has 0 radical (unpaired) electrons. The van der Waals surface area contributed by atoms with E-state index < -0.39 is 5.82 Å². The summed E-state index contributed by atoms with van der Waals surface area (Å²) in [6.07, 6.45) is 3.26. The standard InChI is InChI=1S/C15H16FN5O2/c1-9-7-20(8-10(2)22-9)12-4-3-11-14(13(12)16)23-18-15(11)21-6-5-17-19-21/h3-6,9-10H,7-8H2,1-2H3/t9-,10+. The first-order chi connectivity index (χ1) is 11.1. The van der Waals surface area contributed by atoms with Gasteiger partial charge in [0, 0.05) is 13.1 Å². The first-order valence-electron chi connectivity index (χ1n) is 7.48. The molecule has 8 heteroatoms. The molecule has 1 aromatic carbocycles. The summed E-state index contributed by atoms with van der Waals surface area (Å²) in [5.74, 6) is 0.00864. The summed E-state index contributed by atoms with van der Waals surface area (Å²) >= 11 is 0. The smallest absolute Gasteiger partial charge is 0.206 e. The third-order valence-electron chi connectivity index (χ3n) is 3.94. The van der Waals surface area contributed by atoms with Crippen LogP contribution in [0.25, 0.3) is 16.8 Å². The SMILES string of the molecule is C[C@@H]1CN(c2ccc3c(-n4ccnn4)noc3c2F)C[C@H](C)O1. The predicted octanol–water partition coefficient (Wildman–Crippen LogP) is 2.16. The minimum Gasteiger partial charge on any atom is -0.372 e. The van der Waals surface area contributed by atoms with Crippen molar-refractivity contribution in [1.82, 2.24) is 20.2 Å². The van der Waals surface area contributed by atoms with Gasteiger partial charge in [0.25, 0.3) is 0 Å². The molecule has 1 aliphatic rings. The Labute approximate surface area is 131 Å². The molecule has 1 fully saturated rings. The van der Waals surface area contributed by atoms with E-state index in [-0.39, 0.29) is 17.8 Å². The summed E-state index contributed by atoms with van der Waals surface area (Å²) in [6, 6.07) is 3.55. The maximum atomic E-state index is 14.9. The maximum Gasteiger partial charge on any atom is 0.206 e. The summed E-state index contributed by atoms with van der Waals surface area (Å²) in [6.45, 7) is 5.24. The highest BCUT2D eigenvalue weighted by molar-refractivity contribution is 5.87. The van der Waals surface area contributed by atoms with E-state index in [4.69, 9.17) is 9.26 Å². The Morgan fingerprint density at radius 1 is 1.22 bits per heavy atom. The summed E-state index contributed by atoms with van der Waals surface area (Å²) in [5.41, 5.74) is 0.626. The Bertz CT molecular complexity index is 822. The summed E-state index contributed by atoms with van der Waals surface area (Å²) in [5, 5.41) is 12.1. The van der Waals surface area contributed by atoms with Gasteiger partial charge in [0.2, 0.25) is 11.4 Å². The van der Waals surface area contributed by atoms with Crippen molar-refractivity contribution in [3.63, 3.8) is 0 Å². The van der Waals surface area contributed by atoms with Crippen molar-refractivity contribution in [2.45, 2.75) is 26.1 Å². The second-order valence-corrected chi connectivity index (χ2v) is 5.79. The lowest BCUT2D eigenvalue weighted by atomic mass is 10.1. The van der Waals surface area contributed by atoms with Crippen LogP contribution in [-0.4, -0.2) is 45.4 Å². The van der Waals surface area contributed by atoms with Gasteiger partial charge < -0.3 is 14.2 Å². The third-order valence-corrected chi connectivity index (χ3v) is 3.94. The van der Waals surface area contributed by atoms with Gasteiger partial charge in [0.05, 0.1) is 35.7 Å². The highest BCUT2D eigenvalue weighted by atomic mass is 19.1. The van der Waals surface area contributed by atoms with E-state index in [0.717, 1.165) is 0 Å². The highest BCUT2D eigenvalue weighted by Crippen LogP contribution is 2.31. The molecule has 7 nitrogen and oxygen atoms in total. The number of anilines is 1. The minimum absolute atomic E-state index is 0.0503. The van der Waals surface area contributed by atoms with Gasteiger partial charge in [-0.2, -0.15) is 4.68 Å². The number of morpholine rings is 1. The zero-order valence-corrected chi connectivity index (χ0v) is 12.8. The second-order valence-electron chi connectivity index (χ2n) is 5.79. The zero-order chi connectivity index (χ0) is 16.0. The molecule has 1 saturated heterocycles. The topological polar surface area (TPSA) is 69.2 Å². The number of rotatable bonds is 2. The number of hydrogen-bond donors (Lipinski definition) is 0. The summed E-state index contributed by atoms with van der Waals surface area (Å²) in [7, 11) is 0. The Morgan fingerprint density at radius 3 is 2.70 bits per heavy atom. The lowest BCUT2D eigenvalue weighted by Gasteiger charge is -2.36. The lowest BCUT2D eigenvalue weighted by Crippen LogP contribution is -2.45. The van der Waals surface area contributed by atoms with Crippen molar-refractivity contribution >= 4 is 16.7 Å². The largest absolute Gasteiger partial charge is 0.372 e. The van der Waals surface area contributed by atoms with E-state index in [1.54, 1.807) is 18.3 Å². The van der Waals surface area contributed by atoms with Crippen molar-refractivity contribution in [1.29, 1.82) is 0 Å². The number of benzene rings is 1. The second kappa shape index (κ2) is 5.31. The number of ether oxygens (including phenoxy) is 1. The predicted molar refractivity (Wildman–Crippen MR) is 81.1 cm³/mol. The van der Waals surface area contributed by atoms with Gasteiger partial charge in [-0.1, -0.05) is 10.4 Å². The Balaban J connectivity index is 1.77. The van der Waals surface area contributed by atoms with Gasteiger partial charge >= 0.3 is 0 Å². The molecule has 120 valence electrons. The minimum atomic E-state index is -0.414. The molecule has 0 amide bonds. The average molecular weight is 317 g/mol. The number of fused-ring (bicyclic) bond motifs is 1. The molecule has 4 rings (SSSR count). The zero-order valence-electron chi connectivity index (χ0n) is 12.8. The number of aromatic nitrogens is 4. The molecule has 3 aromatic rings. The fraction of sp³-hybridized carbons (Fsp3) is 0.400. The Kier molecular flexibility index (Phi) is 3.26. The van der Waals surface area contributed by atoms with E-state index in [1.165, 1.54) is 10.9 Å². The number of hydrogen-bond acceptors (Lipinski definition) is 6. The molecule has 0 saturated carbocycles. The summed E-state index contributed by atoms with van der Waals surface area (Å²) in [4.78, 5) is 1.98. The van der Waals surface area contributed by atoms with Crippen molar-refractivity contribution in [2.24, 2.45) is 0 Å². The van der Waals surface area contributed by atoms with Crippen LogP contribution in [0.2, 0.25) is 0 Å². The molecule has 3 heterocycles.